The van der Waals surface area contributed by atoms with Gasteiger partial charge in [0, 0.05) is 18.2 Å². The minimum absolute atomic E-state index is 0.0654. The molecule has 0 heterocycles. The van der Waals surface area contributed by atoms with Gasteiger partial charge in [0.1, 0.15) is 0 Å². The largest absolute Gasteiger partial charge is 0.449 e. The van der Waals surface area contributed by atoms with Gasteiger partial charge in [0.15, 0.2) is 6.10 Å². The summed E-state index contributed by atoms with van der Waals surface area (Å²) in [4.78, 5) is 34.5. The maximum atomic E-state index is 12.1. The second kappa shape index (κ2) is 9.12. The van der Waals surface area contributed by atoms with Gasteiger partial charge in [-0.3, -0.25) is 14.9 Å². The van der Waals surface area contributed by atoms with Crippen molar-refractivity contribution < 1.29 is 19.2 Å². The Bertz CT molecular complexity index is 727. The summed E-state index contributed by atoms with van der Waals surface area (Å²) < 4.78 is 5.16. The standard InChI is InChI=1S/C19H24N2O5/c1-13-12-16(8-9-17(13)21(24)25)19(23)26-14(2)18(22)20-11-10-15-6-4-3-5-7-15/h6,8-9,12,14H,3-5,7,10-11H2,1-2H3,(H,20,22)/t14-/m0/s1. The third kappa shape index (κ3) is 5.40. The number of esters is 1. The zero-order valence-electron chi connectivity index (χ0n) is 15.1. The van der Waals surface area contributed by atoms with E-state index in [2.05, 4.69) is 11.4 Å². The van der Waals surface area contributed by atoms with Gasteiger partial charge in [-0.1, -0.05) is 11.6 Å². The van der Waals surface area contributed by atoms with E-state index in [1.54, 1.807) is 6.92 Å². The molecule has 1 amide bonds. The van der Waals surface area contributed by atoms with Crippen molar-refractivity contribution in [2.24, 2.45) is 0 Å². The van der Waals surface area contributed by atoms with Crippen molar-refractivity contribution in [2.75, 3.05) is 6.54 Å². The smallest absolute Gasteiger partial charge is 0.338 e. The molecule has 1 aromatic rings. The number of rotatable bonds is 7. The lowest BCUT2D eigenvalue weighted by Crippen LogP contribution is -2.36. The van der Waals surface area contributed by atoms with Gasteiger partial charge in [0.2, 0.25) is 0 Å². The molecule has 0 spiro atoms. The maximum absolute atomic E-state index is 12.1. The summed E-state index contributed by atoms with van der Waals surface area (Å²) in [6, 6.07) is 3.98. The summed E-state index contributed by atoms with van der Waals surface area (Å²) in [6.45, 7) is 3.57. The molecule has 1 atom stereocenters. The summed E-state index contributed by atoms with van der Waals surface area (Å²) in [7, 11) is 0. The molecular weight excluding hydrogens is 336 g/mol. The van der Waals surface area contributed by atoms with E-state index in [1.807, 2.05) is 0 Å². The number of allylic oxidation sites excluding steroid dienone is 1. The first-order valence-electron chi connectivity index (χ1n) is 8.80. The van der Waals surface area contributed by atoms with Crippen LogP contribution in [0.5, 0.6) is 0 Å². The van der Waals surface area contributed by atoms with Crippen molar-refractivity contribution in [2.45, 2.75) is 52.1 Å². The van der Waals surface area contributed by atoms with E-state index in [9.17, 15) is 19.7 Å². The predicted octanol–water partition coefficient (Wildman–Crippen LogP) is 3.46. The summed E-state index contributed by atoms with van der Waals surface area (Å²) in [5.41, 5.74) is 1.84. The average molecular weight is 360 g/mol. The van der Waals surface area contributed by atoms with Crippen LogP contribution in [0.25, 0.3) is 0 Å². The Morgan fingerprint density at radius 2 is 2.12 bits per heavy atom. The SMILES string of the molecule is Cc1cc(C(=O)O[C@@H](C)C(=O)NCCC2=CCCCC2)ccc1[N+](=O)[O-]. The lowest BCUT2D eigenvalue weighted by molar-refractivity contribution is -0.385. The first-order valence-corrected chi connectivity index (χ1v) is 8.80. The number of aryl methyl sites for hydroxylation is 1. The Morgan fingerprint density at radius 3 is 2.73 bits per heavy atom. The third-order valence-corrected chi connectivity index (χ3v) is 4.41. The molecule has 0 radical (unpaired) electrons. The summed E-state index contributed by atoms with van der Waals surface area (Å²) >= 11 is 0. The van der Waals surface area contributed by atoms with Crippen LogP contribution in [0.2, 0.25) is 0 Å². The highest BCUT2D eigenvalue weighted by Crippen LogP contribution is 2.20. The fraction of sp³-hybridized carbons (Fsp3) is 0.474. The number of nitrogens with one attached hydrogen (secondary N) is 1. The fourth-order valence-corrected chi connectivity index (χ4v) is 2.89. The van der Waals surface area contributed by atoms with E-state index in [0.717, 1.165) is 19.3 Å². The zero-order valence-corrected chi connectivity index (χ0v) is 15.1. The number of benzene rings is 1. The van der Waals surface area contributed by atoms with E-state index >= 15 is 0 Å². The molecule has 0 aliphatic heterocycles. The van der Waals surface area contributed by atoms with Crippen molar-refractivity contribution in [1.82, 2.24) is 5.32 Å². The van der Waals surface area contributed by atoms with Crippen LogP contribution in [0.4, 0.5) is 5.69 Å². The number of carbonyl (C=O) groups is 2. The number of nitro groups is 1. The van der Waals surface area contributed by atoms with Crippen LogP contribution in [0.15, 0.2) is 29.8 Å². The molecule has 1 N–H and O–H groups in total. The highest BCUT2D eigenvalue weighted by molar-refractivity contribution is 5.92. The first-order chi connectivity index (χ1) is 12.4. The van der Waals surface area contributed by atoms with Gasteiger partial charge in [-0.25, -0.2) is 4.79 Å². The molecule has 1 aromatic carbocycles. The van der Waals surface area contributed by atoms with Gasteiger partial charge in [-0.15, -0.1) is 0 Å². The Kier molecular flexibility index (Phi) is 6.89. The van der Waals surface area contributed by atoms with Crippen LogP contribution in [0.1, 0.15) is 54.9 Å². The molecule has 7 nitrogen and oxygen atoms in total. The van der Waals surface area contributed by atoms with E-state index in [-0.39, 0.29) is 17.2 Å². The Balaban J connectivity index is 1.83. The first kappa shape index (κ1) is 19.6. The molecule has 0 saturated heterocycles. The number of carbonyl (C=O) groups excluding carboxylic acids is 2. The number of nitro benzene ring substituents is 1. The molecule has 7 heteroatoms. The third-order valence-electron chi connectivity index (χ3n) is 4.41. The van der Waals surface area contributed by atoms with Gasteiger partial charge in [0.25, 0.3) is 11.6 Å². The molecule has 140 valence electrons. The molecule has 26 heavy (non-hydrogen) atoms. The highest BCUT2D eigenvalue weighted by Gasteiger charge is 2.20. The quantitative estimate of drug-likeness (QED) is 0.347. The Labute approximate surface area is 152 Å². The van der Waals surface area contributed by atoms with Crippen molar-refractivity contribution in [1.29, 1.82) is 0 Å². The van der Waals surface area contributed by atoms with Crippen LogP contribution in [0.3, 0.4) is 0 Å². The number of hydrogen-bond donors (Lipinski definition) is 1. The van der Waals surface area contributed by atoms with Crippen LogP contribution >= 0.6 is 0 Å². The van der Waals surface area contributed by atoms with Gasteiger partial charge in [-0.2, -0.15) is 0 Å². The molecule has 1 aliphatic rings. The van der Waals surface area contributed by atoms with Gasteiger partial charge >= 0.3 is 5.97 Å². The topological polar surface area (TPSA) is 98.5 Å². The number of amides is 1. The summed E-state index contributed by atoms with van der Waals surface area (Å²) in [5.74, 6) is -1.03. The van der Waals surface area contributed by atoms with E-state index in [1.165, 1.54) is 43.5 Å². The Morgan fingerprint density at radius 1 is 1.35 bits per heavy atom. The monoisotopic (exact) mass is 360 g/mol. The maximum Gasteiger partial charge on any atom is 0.338 e. The molecule has 1 aliphatic carbocycles. The lowest BCUT2D eigenvalue weighted by Gasteiger charge is -2.15. The van der Waals surface area contributed by atoms with Crippen molar-refractivity contribution in [3.8, 4) is 0 Å². The van der Waals surface area contributed by atoms with E-state index < -0.39 is 17.0 Å². The van der Waals surface area contributed by atoms with Crippen molar-refractivity contribution in [3.05, 3.63) is 51.1 Å². The molecule has 0 bridgehead atoms. The summed E-state index contributed by atoms with van der Waals surface area (Å²) in [5, 5.41) is 13.6. The fourth-order valence-electron chi connectivity index (χ4n) is 2.89. The van der Waals surface area contributed by atoms with Crippen LogP contribution < -0.4 is 5.32 Å². The molecule has 2 rings (SSSR count). The van der Waals surface area contributed by atoms with Crippen molar-refractivity contribution >= 4 is 17.6 Å². The second-order valence-corrected chi connectivity index (χ2v) is 6.46. The normalized spacial score (nSPS) is 14.9. The number of ether oxygens (including phenoxy) is 1. The van der Waals surface area contributed by atoms with Crippen molar-refractivity contribution in [3.63, 3.8) is 0 Å². The molecule has 0 saturated carbocycles. The van der Waals surface area contributed by atoms with Crippen LogP contribution in [-0.4, -0.2) is 29.4 Å². The molecule has 0 unspecified atom stereocenters. The van der Waals surface area contributed by atoms with E-state index in [0.29, 0.717) is 12.1 Å². The number of nitrogens with zero attached hydrogens (tertiary/aromatic N) is 1. The number of hydrogen-bond acceptors (Lipinski definition) is 5. The Hall–Kier alpha value is -2.70. The van der Waals surface area contributed by atoms with Gasteiger partial charge < -0.3 is 10.1 Å². The zero-order chi connectivity index (χ0) is 19.1. The predicted molar refractivity (Wildman–Crippen MR) is 96.9 cm³/mol. The highest BCUT2D eigenvalue weighted by atomic mass is 16.6. The average Bonchev–Trinajstić information content (AvgIpc) is 2.62. The lowest BCUT2D eigenvalue weighted by atomic mass is 9.97. The van der Waals surface area contributed by atoms with Gasteiger partial charge in [-0.05, 0) is 58.1 Å². The molecule has 0 aromatic heterocycles. The minimum Gasteiger partial charge on any atom is -0.449 e. The minimum atomic E-state index is -0.932. The van der Waals surface area contributed by atoms with Crippen LogP contribution in [-0.2, 0) is 9.53 Å². The summed E-state index contributed by atoms with van der Waals surface area (Å²) in [6.07, 6.45) is 6.72. The molecule has 0 fully saturated rings. The van der Waals surface area contributed by atoms with Crippen LogP contribution in [0, 0.1) is 17.0 Å². The molecular formula is C19H24N2O5. The van der Waals surface area contributed by atoms with E-state index in [4.69, 9.17) is 4.74 Å². The second-order valence-electron chi connectivity index (χ2n) is 6.46. The van der Waals surface area contributed by atoms with Gasteiger partial charge in [0.05, 0.1) is 10.5 Å².